The number of rotatable bonds is 1. The van der Waals surface area contributed by atoms with Gasteiger partial charge in [0.05, 0.1) is 10.8 Å². The highest BCUT2D eigenvalue weighted by Crippen LogP contribution is 2.68. The molecule has 1 heteroatoms. The minimum Gasteiger partial charge on any atom is -0.265 e. The van der Waals surface area contributed by atoms with Crippen LogP contribution >= 0.6 is 0 Å². The van der Waals surface area contributed by atoms with E-state index in [0.717, 1.165) is 0 Å². The van der Waals surface area contributed by atoms with Gasteiger partial charge in [0.1, 0.15) is 0 Å². The molecule has 10 rings (SSSR count). The fourth-order valence-electron chi connectivity index (χ4n) is 9.07. The van der Waals surface area contributed by atoms with E-state index in [1.807, 2.05) is 12.4 Å². The molecular formula is C43H27N. The van der Waals surface area contributed by atoms with Crippen LogP contribution in [0.4, 0.5) is 0 Å². The molecule has 0 fully saturated rings. The summed E-state index contributed by atoms with van der Waals surface area (Å²) in [5, 5.41) is 0. The molecule has 0 bridgehead atoms. The van der Waals surface area contributed by atoms with Gasteiger partial charge in [-0.2, -0.15) is 0 Å². The second kappa shape index (κ2) is 8.52. The zero-order valence-corrected chi connectivity index (χ0v) is 24.0. The molecular weight excluding hydrogens is 530 g/mol. The lowest BCUT2D eigenvalue weighted by molar-refractivity contribution is 0.634. The molecule has 204 valence electrons. The SMILES string of the molecule is c1ccc2c(c1)-c1ccccc1C21c2ccccc2C2(c3ccccc3-c3ccccc32)c2c(-c3ccncc3)cccc21. The number of benzene rings is 6. The first-order valence-electron chi connectivity index (χ1n) is 15.4. The van der Waals surface area contributed by atoms with E-state index >= 15 is 0 Å². The smallest absolute Gasteiger partial charge is 0.0725 e. The molecule has 3 aliphatic carbocycles. The maximum Gasteiger partial charge on any atom is 0.0725 e. The van der Waals surface area contributed by atoms with Crippen molar-refractivity contribution in [1.29, 1.82) is 0 Å². The van der Waals surface area contributed by atoms with E-state index in [2.05, 4.69) is 157 Å². The number of nitrogens with zero attached hydrogens (tertiary/aromatic N) is 1. The number of hydrogen-bond donors (Lipinski definition) is 0. The number of aromatic nitrogens is 1. The molecule has 0 unspecified atom stereocenters. The van der Waals surface area contributed by atoms with Gasteiger partial charge < -0.3 is 0 Å². The van der Waals surface area contributed by atoms with E-state index in [1.54, 1.807) is 0 Å². The van der Waals surface area contributed by atoms with Crippen LogP contribution < -0.4 is 0 Å². The van der Waals surface area contributed by atoms with Crippen molar-refractivity contribution in [2.75, 3.05) is 0 Å². The van der Waals surface area contributed by atoms with Crippen molar-refractivity contribution in [2.45, 2.75) is 10.8 Å². The van der Waals surface area contributed by atoms with Crippen LogP contribution in [0.15, 0.2) is 164 Å². The van der Waals surface area contributed by atoms with Gasteiger partial charge in [0.25, 0.3) is 0 Å². The van der Waals surface area contributed by atoms with Gasteiger partial charge in [-0.15, -0.1) is 0 Å². The highest BCUT2D eigenvalue weighted by atomic mass is 14.6. The van der Waals surface area contributed by atoms with E-state index in [0.29, 0.717) is 0 Å². The van der Waals surface area contributed by atoms with Gasteiger partial charge in [0.2, 0.25) is 0 Å². The normalized spacial score (nSPS) is 15.2. The van der Waals surface area contributed by atoms with Gasteiger partial charge >= 0.3 is 0 Å². The van der Waals surface area contributed by atoms with Crippen LogP contribution in [0.25, 0.3) is 33.4 Å². The molecule has 6 aromatic carbocycles. The summed E-state index contributed by atoms with van der Waals surface area (Å²) >= 11 is 0. The molecule has 0 amide bonds. The van der Waals surface area contributed by atoms with Crippen molar-refractivity contribution in [3.63, 3.8) is 0 Å². The number of fused-ring (bicyclic) bond motifs is 16. The zero-order valence-electron chi connectivity index (χ0n) is 24.0. The van der Waals surface area contributed by atoms with E-state index in [1.165, 1.54) is 77.9 Å². The minimum absolute atomic E-state index is 0.458. The fraction of sp³-hybridized carbons (Fsp3) is 0.0465. The Kier molecular flexibility index (Phi) is 4.64. The van der Waals surface area contributed by atoms with E-state index in [-0.39, 0.29) is 0 Å². The topological polar surface area (TPSA) is 12.9 Å². The molecule has 1 nitrogen and oxygen atoms in total. The van der Waals surface area contributed by atoms with Crippen LogP contribution in [-0.2, 0) is 10.8 Å². The van der Waals surface area contributed by atoms with Crippen molar-refractivity contribution in [2.24, 2.45) is 0 Å². The van der Waals surface area contributed by atoms with E-state index < -0.39 is 10.8 Å². The first-order valence-corrected chi connectivity index (χ1v) is 15.4. The van der Waals surface area contributed by atoms with Gasteiger partial charge in [-0.05, 0) is 90.0 Å². The Bertz CT molecular complexity index is 2200. The monoisotopic (exact) mass is 557 g/mol. The Hall–Kier alpha value is -5.53. The Morgan fingerprint density at radius 3 is 1.16 bits per heavy atom. The fourth-order valence-corrected chi connectivity index (χ4v) is 9.07. The molecule has 0 aliphatic heterocycles. The van der Waals surface area contributed by atoms with E-state index in [9.17, 15) is 0 Å². The van der Waals surface area contributed by atoms with Crippen molar-refractivity contribution in [1.82, 2.24) is 4.98 Å². The van der Waals surface area contributed by atoms with Crippen LogP contribution in [-0.4, -0.2) is 4.98 Å². The van der Waals surface area contributed by atoms with Crippen molar-refractivity contribution < 1.29 is 0 Å². The van der Waals surface area contributed by atoms with Gasteiger partial charge in [-0.1, -0.05) is 140 Å². The summed E-state index contributed by atoms with van der Waals surface area (Å²) in [6, 6.07) is 56.9. The summed E-state index contributed by atoms with van der Waals surface area (Å²) in [4.78, 5) is 4.41. The lowest BCUT2D eigenvalue weighted by atomic mass is 9.51. The standard InChI is InChI=1S/C43H27N/c1-5-17-34-30(12-1)31-13-2-6-18-35(31)42(34)38-21-9-10-22-39(38)43(36-19-7-3-14-32(36)33-15-4-8-20-37(33)43)41-29(16-11-23-40(41)42)28-24-26-44-27-25-28/h1-27H. The minimum atomic E-state index is -0.489. The van der Waals surface area contributed by atoms with Crippen LogP contribution in [0.3, 0.4) is 0 Å². The highest BCUT2D eigenvalue weighted by molar-refractivity contribution is 5.95. The zero-order chi connectivity index (χ0) is 28.9. The molecule has 0 saturated carbocycles. The first-order chi connectivity index (χ1) is 21.9. The predicted octanol–water partition coefficient (Wildman–Crippen LogP) is 9.79. The Balaban J connectivity index is 1.49. The molecule has 0 N–H and O–H groups in total. The molecule has 0 atom stereocenters. The molecule has 44 heavy (non-hydrogen) atoms. The summed E-state index contributed by atoms with van der Waals surface area (Å²) in [6.07, 6.45) is 3.84. The van der Waals surface area contributed by atoms with Gasteiger partial charge in [0.15, 0.2) is 0 Å². The number of hydrogen-bond acceptors (Lipinski definition) is 1. The predicted molar refractivity (Wildman–Crippen MR) is 178 cm³/mol. The molecule has 0 radical (unpaired) electrons. The highest BCUT2D eigenvalue weighted by Gasteiger charge is 2.59. The van der Waals surface area contributed by atoms with Gasteiger partial charge in [0, 0.05) is 12.4 Å². The van der Waals surface area contributed by atoms with Crippen molar-refractivity contribution in [3.05, 3.63) is 209 Å². The van der Waals surface area contributed by atoms with Crippen molar-refractivity contribution >= 4 is 0 Å². The maximum absolute atomic E-state index is 4.41. The maximum atomic E-state index is 4.41. The second-order valence-electron chi connectivity index (χ2n) is 12.2. The number of pyridine rings is 1. The van der Waals surface area contributed by atoms with Crippen molar-refractivity contribution in [3.8, 4) is 33.4 Å². The van der Waals surface area contributed by atoms with Gasteiger partial charge in [-0.25, -0.2) is 0 Å². The third kappa shape index (κ3) is 2.65. The largest absolute Gasteiger partial charge is 0.265 e. The molecule has 0 saturated heterocycles. The third-order valence-electron chi connectivity index (χ3n) is 10.5. The second-order valence-corrected chi connectivity index (χ2v) is 12.2. The lowest BCUT2D eigenvalue weighted by Crippen LogP contribution is -2.44. The summed E-state index contributed by atoms with van der Waals surface area (Å²) in [6.45, 7) is 0. The summed E-state index contributed by atoms with van der Waals surface area (Å²) in [7, 11) is 0. The Labute approximate surface area is 257 Å². The average Bonchev–Trinajstić information content (AvgIpc) is 3.56. The summed E-state index contributed by atoms with van der Waals surface area (Å²) in [5.74, 6) is 0. The van der Waals surface area contributed by atoms with E-state index in [4.69, 9.17) is 0 Å². The molecule has 3 aliphatic rings. The third-order valence-corrected chi connectivity index (χ3v) is 10.5. The van der Waals surface area contributed by atoms with Crippen LogP contribution in [0.2, 0.25) is 0 Å². The molecule has 7 aromatic rings. The Morgan fingerprint density at radius 2 is 0.659 bits per heavy atom. The van der Waals surface area contributed by atoms with Crippen LogP contribution in [0.5, 0.6) is 0 Å². The lowest BCUT2D eigenvalue weighted by Gasteiger charge is -2.49. The quantitative estimate of drug-likeness (QED) is 0.196. The Morgan fingerprint density at radius 1 is 0.295 bits per heavy atom. The van der Waals surface area contributed by atoms with Crippen LogP contribution in [0.1, 0.15) is 44.5 Å². The first kappa shape index (κ1) is 24.0. The molecule has 1 heterocycles. The van der Waals surface area contributed by atoms with Crippen LogP contribution in [0, 0.1) is 0 Å². The molecule has 2 spiro atoms. The van der Waals surface area contributed by atoms with Gasteiger partial charge in [-0.3, -0.25) is 4.98 Å². The summed E-state index contributed by atoms with van der Waals surface area (Å²) < 4.78 is 0. The molecule has 1 aromatic heterocycles. The average molecular weight is 558 g/mol. The summed E-state index contributed by atoms with van der Waals surface area (Å²) in [5.41, 5.74) is 17.6.